The summed E-state index contributed by atoms with van der Waals surface area (Å²) >= 11 is 0. The van der Waals surface area contributed by atoms with Gasteiger partial charge in [0, 0.05) is 18.8 Å². The summed E-state index contributed by atoms with van der Waals surface area (Å²) < 4.78 is 23.4. The van der Waals surface area contributed by atoms with E-state index in [1.807, 2.05) is 11.0 Å². The van der Waals surface area contributed by atoms with Crippen LogP contribution < -0.4 is 4.90 Å². The van der Waals surface area contributed by atoms with Crippen LogP contribution in [0.2, 0.25) is 0 Å². The third-order valence-corrected chi connectivity index (χ3v) is 7.46. The van der Waals surface area contributed by atoms with Crippen LogP contribution in [-0.4, -0.2) is 49.3 Å². The van der Waals surface area contributed by atoms with Crippen molar-refractivity contribution in [2.75, 3.05) is 11.2 Å². The van der Waals surface area contributed by atoms with Crippen molar-refractivity contribution in [3.05, 3.63) is 72.3 Å². The normalized spacial score (nSPS) is 27.8. The fourth-order valence-corrected chi connectivity index (χ4v) is 5.58. The molecule has 3 aliphatic rings. The zero-order valence-corrected chi connectivity index (χ0v) is 17.5. The number of para-hydroxylation sites is 1. The molecule has 4 atom stereocenters. The summed E-state index contributed by atoms with van der Waals surface area (Å²) in [7, 11) is -3.30. The second-order valence-electron chi connectivity index (χ2n) is 8.18. The molecule has 0 radical (unpaired) electrons. The number of amides is 2. The van der Waals surface area contributed by atoms with Crippen molar-refractivity contribution in [2.45, 2.75) is 23.5 Å². The maximum absolute atomic E-state index is 13.3. The molecule has 3 aliphatic heterocycles. The van der Waals surface area contributed by atoms with Gasteiger partial charge in [-0.2, -0.15) is 0 Å². The Morgan fingerprint density at radius 2 is 1.52 bits per heavy atom. The Kier molecular flexibility index (Phi) is 4.46. The van der Waals surface area contributed by atoms with Crippen molar-refractivity contribution in [2.24, 2.45) is 11.8 Å². The van der Waals surface area contributed by atoms with Gasteiger partial charge >= 0.3 is 0 Å². The number of hydrogen-bond acceptors (Lipinski definition) is 6. The number of fused-ring (bicyclic) bond motifs is 5. The van der Waals surface area contributed by atoms with Crippen molar-refractivity contribution in [1.82, 2.24) is 4.90 Å². The molecule has 2 amide bonds. The molecule has 0 spiro atoms. The maximum Gasteiger partial charge on any atom is 0.239 e. The maximum atomic E-state index is 13.3. The molecule has 2 fully saturated rings. The van der Waals surface area contributed by atoms with Gasteiger partial charge in [-0.1, -0.05) is 36.4 Å². The van der Waals surface area contributed by atoms with Crippen LogP contribution in [0.4, 0.5) is 5.69 Å². The third kappa shape index (κ3) is 3.05. The summed E-state index contributed by atoms with van der Waals surface area (Å²) in [4.78, 5) is 42.6. The van der Waals surface area contributed by atoms with Crippen molar-refractivity contribution in [1.29, 1.82) is 0 Å². The van der Waals surface area contributed by atoms with E-state index in [0.717, 1.165) is 11.8 Å². The first-order chi connectivity index (χ1) is 14.8. The second kappa shape index (κ2) is 6.96. The molecule has 2 aromatic carbocycles. The highest BCUT2D eigenvalue weighted by Gasteiger charge is 2.64. The molecular formula is C23H20N2O5S. The number of benzene rings is 2. The largest absolute Gasteiger partial charge is 0.293 e. The average Bonchev–Trinajstić information content (AvgIpc) is 3.12. The highest BCUT2D eigenvalue weighted by atomic mass is 32.2. The number of hydrogen-bond donors (Lipinski definition) is 0. The van der Waals surface area contributed by atoms with Gasteiger partial charge in [0.15, 0.2) is 15.6 Å². The van der Waals surface area contributed by atoms with E-state index in [2.05, 4.69) is 0 Å². The van der Waals surface area contributed by atoms with Gasteiger partial charge in [-0.3, -0.25) is 19.3 Å². The van der Waals surface area contributed by atoms with Gasteiger partial charge in [-0.25, -0.2) is 13.3 Å². The number of rotatable bonds is 4. The van der Waals surface area contributed by atoms with Crippen molar-refractivity contribution in [3.8, 4) is 0 Å². The van der Waals surface area contributed by atoms with Gasteiger partial charge in [-0.05, 0) is 35.9 Å². The molecule has 158 valence electrons. The predicted molar refractivity (Wildman–Crippen MR) is 113 cm³/mol. The van der Waals surface area contributed by atoms with Crippen LogP contribution in [0.15, 0.2) is 71.6 Å². The first-order valence-corrected chi connectivity index (χ1v) is 11.9. The number of carbonyl (C=O) groups is 3. The Balaban J connectivity index is 1.47. The zero-order valence-electron chi connectivity index (χ0n) is 16.7. The molecule has 0 saturated carbocycles. The first kappa shape index (κ1) is 19.8. The molecule has 3 heterocycles. The molecule has 2 saturated heterocycles. The highest BCUT2D eigenvalue weighted by molar-refractivity contribution is 7.90. The molecule has 0 N–H and O–H groups in total. The molecule has 31 heavy (non-hydrogen) atoms. The summed E-state index contributed by atoms with van der Waals surface area (Å²) in [6, 6.07) is 14.2. The lowest BCUT2D eigenvalue weighted by atomic mass is 9.90. The topological polar surface area (TPSA) is 91.8 Å². The number of sulfone groups is 1. The molecule has 2 bridgehead atoms. The summed E-state index contributed by atoms with van der Waals surface area (Å²) in [6.45, 7) is 0.342. The fraction of sp³-hybridized carbons (Fsp3) is 0.261. The molecule has 0 aromatic heterocycles. The van der Waals surface area contributed by atoms with Gasteiger partial charge < -0.3 is 0 Å². The van der Waals surface area contributed by atoms with Crippen LogP contribution in [0.5, 0.6) is 0 Å². The van der Waals surface area contributed by atoms with E-state index in [0.29, 0.717) is 12.2 Å². The van der Waals surface area contributed by atoms with Crippen molar-refractivity contribution in [3.63, 3.8) is 0 Å². The lowest BCUT2D eigenvalue weighted by molar-refractivity contribution is -0.129. The van der Waals surface area contributed by atoms with Crippen LogP contribution in [0.3, 0.4) is 0 Å². The first-order valence-electron chi connectivity index (χ1n) is 9.97. The third-order valence-electron chi connectivity index (χ3n) is 6.33. The standard InChI is InChI=1S/C23H20N2O5S/c1-31(29,30)16-9-7-14(8-10-16)13-24-17-11-12-18(26)21(24)20-19(17)22(27)25(23(20)28)15-5-3-2-4-6-15/h2-12,17,19-21H,13H2,1H3/t17-,19-,20-,21?/m0/s1. The van der Waals surface area contributed by atoms with Crippen molar-refractivity contribution < 1.29 is 22.8 Å². The minimum atomic E-state index is -3.30. The zero-order chi connectivity index (χ0) is 21.9. The van der Waals surface area contributed by atoms with Crippen LogP contribution in [0.1, 0.15) is 5.56 Å². The lowest BCUT2D eigenvalue weighted by Crippen LogP contribution is -2.48. The summed E-state index contributed by atoms with van der Waals surface area (Å²) in [5, 5.41) is 0. The quantitative estimate of drug-likeness (QED) is 0.676. The monoisotopic (exact) mass is 436 g/mol. The van der Waals surface area contributed by atoms with Gasteiger partial charge in [0.1, 0.15) is 0 Å². The van der Waals surface area contributed by atoms with Gasteiger partial charge in [0.25, 0.3) is 0 Å². The fourth-order valence-electron chi connectivity index (χ4n) is 4.95. The molecular weight excluding hydrogens is 416 g/mol. The Labute approximate surface area is 179 Å². The van der Waals surface area contributed by atoms with E-state index < -0.39 is 27.7 Å². The summed E-state index contributed by atoms with van der Waals surface area (Å²) in [5.41, 5.74) is 1.33. The molecule has 2 aromatic rings. The van der Waals surface area contributed by atoms with E-state index in [1.165, 1.54) is 23.1 Å². The molecule has 7 nitrogen and oxygen atoms in total. The van der Waals surface area contributed by atoms with E-state index in [-0.39, 0.29) is 28.5 Å². The minimum Gasteiger partial charge on any atom is -0.293 e. The Bertz CT molecular complexity index is 1220. The number of ketones is 1. The smallest absolute Gasteiger partial charge is 0.239 e. The summed E-state index contributed by atoms with van der Waals surface area (Å²) in [6.07, 6.45) is 4.34. The number of imide groups is 1. The van der Waals surface area contributed by atoms with E-state index in [1.54, 1.807) is 42.5 Å². The van der Waals surface area contributed by atoms with Gasteiger partial charge in [0.05, 0.1) is 28.5 Å². The van der Waals surface area contributed by atoms with Crippen LogP contribution >= 0.6 is 0 Å². The average molecular weight is 436 g/mol. The Hall–Kier alpha value is -3.10. The van der Waals surface area contributed by atoms with Crippen molar-refractivity contribution >= 4 is 33.1 Å². The van der Waals surface area contributed by atoms with Gasteiger partial charge in [0.2, 0.25) is 11.8 Å². The van der Waals surface area contributed by atoms with E-state index in [4.69, 9.17) is 0 Å². The van der Waals surface area contributed by atoms with E-state index in [9.17, 15) is 22.8 Å². The second-order valence-corrected chi connectivity index (χ2v) is 10.2. The molecule has 8 heteroatoms. The minimum absolute atomic E-state index is 0.187. The summed E-state index contributed by atoms with van der Waals surface area (Å²) in [5.74, 6) is -2.16. The predicted octanol–water partition coefficient (Wildman–Crippen LogP) is 1.59. The lowest BCUT2D eigenvalue weighted by Gasteiger charge is -2.33. The molecule has 1 unspecified atom stereocenters. The highest BCUT2D eigenvalue weighted by Crippen LogP contribution is 2.47. The Morgan fingerprint density at radius 1 is 0.871 bits per heavy atom. The van der Waals surface area contributed by atoms with Gasteiger partial charge in [-0.15, -0.1) is 0 Å². The number of nitrogens with zero attached hydrogens (tertiary/aromatic N) is 2. The molecule has 0 aliphatic carbocycles. The van der Waals surface area contributed by atoms with Crippen LogP contribution in [0.25, 0.3) is 0 Å². The SMILES string of the molecule is CS(=O)(=O)c1ccc(CN2C3C(=O)C=C[C@H]2[C@@H]2C(=O)N(c4ccccc4)C(=O)[C@H]32)cc1. The number of anilines is 1. The van der Waals surface area contributed by atoms with E-state index >= 15 is 0 Å². The Morgan fingerprint density at radius 3 is 2.16 bits per heavy atom. The number of carbonyl (C=O) groups excluding carboxylic acids is 3. The van der Waals surface area contributed by atoms with Crippen LogP contribution in [0, 0.1) is 11.8 Å². The van der Waals surface area contributed by atoms with Crippen LogP contribution in [-0.2, 0) is 30.8 Å². The molecule has 5 rings (SSSR count).